The third-order valence-corrected chi connectivity index (χ3v) is 4.08. The van der Waals surface area contributed by atoms with Crippen LogP contribution in [-0.4, -0.2) is 28.1 Å². The third-order valence-electron chi connectivity index (χ3n) is 1.79. The molecule has 90 valence electrons. The molecule has 1 aromatic rings. The zero-order valence-electron chi connectivity index (χ0n) is 8.49. The van der Waals surface area contributed by atoms with Crippen molar-refractivity contribution in [3.63, 3.8) is 0 Å². The molecule has 8 heteroatoms. The Balaban J connectivity index is 3.05. The Bertz CT molecular complexity index is 460. The van der Waals surface area contributed by atoms with Gasteiger partial charge in [-0.2, -0.15) is 4.83 Å². The molecule has 0 radical (unpaired) electrons. The van der Waals surface area contributed by atoms with Gasteiger partial charge in [0, 0.05) is 17.8 Å². The van der Waals surface area contributed by atoms with Gasteiger partial charge in [0.05, 0.1) is 4.90 Å². The van der Waals surface area contributed by atoms with Crippen molar-refractivity contribution in [1.29, 1.82) is 0 Å². The zero-order chi connectivity index (χ0) is 12.2. The summed E-state index contributed by atoms with van der Waals surface area (Å²) < 4.78 is 45.3. The minimum absolute atomic E-state index is 0.00517. The van der Waals surface area contributed by atoms with Gasteiger partial charge < -0.3 is 4.55 Å². The number of hydrazine groups is 1. The van der Waals surface area contributed by atoms with Gasteiger partial charge in [-0.15, -0.1) is 4.41 Å². The molecule has 0 fully saturated rings. The molecule has 1 aromatic carbocycles. The van der Waals surface area contributed by atoms with Crippen LogP contribution < -0.4 is 4.83 Å². The Morgan fingerprint density at radius 3 is 2.38 bits per heavy atom. The monoisotopic (exact) mass is 263 g/mol. The molecule has 0 amide bonds. The minimum Gasteiger partial charge on any atom is -0.759 e. The summed E-state index contributed by atoms with van der Waals surface area (Å²) in [5.74, 6) is 0. The first-order valence-corrected chi connectivity index (χ1v) is 6.93. The minimum atomic E-state index is -3.82. The van der Waals surface area contributed by atoms with Crippen LogP contribution in [0, 0.1) is 0 Å². The van der Waals surface area contributed by atoms with Gasteiger partial charge in [0.2, 0.25) is 0 Å². The van der Waals surface area contributed by atoms with Gasteiger partial charge in [-0.05, 0) is 19.1 Å². The third kappa shape index (κ3) is 3.09. The van der Waals surface area contributed by atoms with Gasteiger partial charge in [-0.25, -0.2) is 8.42 Å². The molecule has 0 bridgehead atoms. The van der Waals surface area contributed by atoms with Crippen molar-refractivity contribution in [2.75, 3.05) is 6.54 Å². The highest BCUT2D eigenvalue weighted by Gasteiger charge is 2.22. The van der Waals surface area contributed by atoms with Crippen molar-refractivity contribution in [3.05, 3.63) is 30.3 Å². The zero-order valence-corrected chi connectivity index (χ0v) is 10.1. The molecule has 0 aliphatic heterocycles. The van der Waals surface area contributed by atoms with Crippen LogP contribution in [0.15, 0.2) is 35.2 Å². The van der Waals surface area contributed by atoms with Crippen molar-refractivity contribution in [1.82, 2.24) is 9.25 Å². The summed E-state index contributed by atoms with van der Waals surface area (Å²) in [7, 11) is -3.82. The maximum Gasteiger partial charge on any atom is 0.256 e. The number of benzene rings is 1. The van der Waals surface area contributed by atoms with Crippen molar-refractivity contribution in [2.24, 2.45) is 0 Å². The summed E-state index contributed by atoms with van der Waals surface area (Å²) in [4.78, 5) is 1.87. The highest BCUT2D eigenvalue weighted by atomic mass is 32.2. The Morgan fingerprint density at radius 2 is 1.94 bits per heavy atom. The summed E-state index contributed by atoms with van der Waals surface area (Å²) in [5, 5.41) is 0. The molecule has 0 saturated carbocycles. The first-order chi connectivity index (χ1) is 7.48. The Morgan fingerprint density at radius 1 is 1.38 bits per heavy atom. The van der Waals surface area contributed by atoms with Crippen LogP contribution in [0.4, 0.5) is 0 Å². The molecule has 0 aliphatic carbocycles. The van der Waals surface area contributed by atoms with Crippen molar-refractivity contribution >= 4 is 21.3 Å². The van der Waals surface area contributed by atoms with Crippen molar-refractivity contribution in [3.8, 4) is 0 Å². The van der Waals surface area contributed by atoms with Crippen molar-refractivity contribution < 1.29 is 17.2 Å². The second-order valence-corrected chi connectivity index (χ2v) is 5.32. The molecule has 1 N–H and O–H groups in total. The van der Waals surface area contributed by atoms with Gasteiger partial charge in [-0.3, -0.25) is 4.21 Å². The van der Waals surface area contributed by atoms with Gasteiger partial charge in [-0.1, -0.05) is 18.2 Å². The van der Waals surface area contributed by atoms with E-state index in [2.05, 4.69) is 0 Å². The molecule has 16 heavy (non-hydrogen) atoms. The quantitative estimate of drug-likeness (QED) is 0.598. The number of rotatable bonds is 5. The van der Waals surface area contributed by atoms with Gasteiger partial charge in [0.1, 0.15) is 0 Å². The van der Waals surface area contributed by atoms with E-state index in [4.69, 9.17) is 0 Å². The molecule has 1 unspecified atom stereocenters. The molecule has 1 rings (SSSR count). The average molecular weight is 263 g/mol. The van der Waals surface area contributed by atoms with Crippen LogP contribution in [0.5, 0.6) is 0 Å². The fourth-order valence-corrected chi connectivity index (χ4v) is 3.05. The van der Waals surface area contributed by atoms with E-state index in [1.807, 2.05) is 4.83 Å². The van der Waals surface area contributed by atoms with E-state index in [1.54, 1.807) is 18.2 Å². The van der Waals surface area contributed by atoms with E-state index in [1.165, 1.54) is 19.1 Å². The fourth-order valence-electron chi connectivity index (χ4n) is 1.09. The molecular formula is C8H11N2O4S2-. The lowest BCUT2D eigenvalue weighted by Gasteiger charge is -2.22. The lowest BCUT2D eigenvalue weighted by atomic mass is 10.4. The molecule has 0 saturated heterocycles. The predicted molar refractivity (Wildman–Crippen MR) is 58.1 cm³/mol. The van der Waals surface area contributed by atoms with Crippen LogP contribution in [0.1, 0.15) is 6.92 Å². The van der Waals surface area contributed by atoms with Crippen LogP contribution in [-0.2, 0) is 21.3 Å². The summed E-state index contributed by atoms with van der Waals surface area (Å²) in [6, 6.07) is 7.60. The van der Waals surface area contributed by atoms with E-state index in [0.29, 0.717) is 4.41 Å². The van der Waals surface area contributed by atoms with Crippen molar-refractivity contribution in [2.45, 2.75) is 11.8 Å². The molecular weight excluding hydrogens is 252 g/mol. The Kier molecular flexibility index (Phi) is 4.56. The van der Waals surface area contributed by atoms with Crippen LogP contribution in [0.25, 0.3) is 0 Å². The van der Waals surface area contributed by atoms with Crippen LogP contribution in [0.3, 0.4) is 0 Å². The molecule has 1 atom stereocenters. The Labute approximate surface area is 96.7 Å². The molecule has 0 aromatic heterocycles. The van der Waals surface area contributed by atoms with Crippen LogP contribution in [0.2, 0.25) is 0 Å². The summed E-state index contributed by atoms with van der Waals surface area (Å²) in [6.45, 7) is 1.53. The number of hydrogen-bond acceptors (Lipinski definition) is 4. The number of hydrogen-bond donors (Lipinski definition) is 1. The Hall–Kier alpha value is -0.800. The largest absolute Gasteiger partial charge is 0.759 e. The summed E-state index contributed by atoms with van der Waals surface area (Å²) >= 11 is -2.67. The normalized spacial score (nSPS) is 13.9. The predicted octanol–water partition coefficient (Wildman–Crippen LogP) is -0.00410. The smallest absolute Gasteiger partial charge is 0.256 e. The maximum atomic E-state index is 11.9. The summed E-state index contributed by atoms with van der Waals surface area (Å²) in [6.07, 6.45) is 0. The van der Waals surface area contributed by atoms with Gasteiger partial charge >= 0.3 is 0 Å². The highest BCUT2D eigenvalue weighted by molar-refractivity contribution is 7.89. The molecule has 0 spiro atoms. The second-order valence-electron chi connectivity index (χ2n) is 2.81. The van der Waals surface area contributed by atoms with Gasteiger partial charge in [0.15, 0.2) is 0 Å². The number of sulfonamides is 1. The molecule has 0 aliphatic rings. The van der Waals surface area contributed by atoms with E-state index in [-0.39, 0.29) is 11.4 Å². The van der Waals surface area contributed by atoms with E-state index in [0.717, 1.165) is 0 Å². The SMILES string of the molecule is CCN(NS(=O)[O-])S(=O)(=O)c1ccccc1. The average Bonchev–Trinajstić information content (AvgIpc) is 2.26. The lowest BCUT2D eigenvalue weighted by Crippen LogP contribution is -2.43. The first kappa shape index (κ1) is 13.3. The highest BCUT2D eigenvalue weighted by Crippen LogP contribution is 2.12. The number of nitrogens with one attached hydrogen (secondary N) is 1. The fraction of sp³-hybridized carbons (Fsp3) is 0.250. The number of nitrogens with zero attached hydrogens (tertiary/aromatic N) is 1. The van der Waals surface area contributed by atoms with E-state index < -0.39 is 21.3 Å². The summed E-state index contributed by atoms with van der Waals surface area (Å²) in [5.41, 5.74) is 0. The van der Waals surface area contributed by atoms with Gasteiger partial charge in [0.25, 0.3) is 10.0 Å². The second kappa shape index (κ2) is 5.51. The van der Waals surface area contributed by atoms with Crippen LogP contribution >= 0.6 is 0 Å². The van der Waals surface area contributed by atoms with E-state index >= 15 is 0 Å². The topological polar surface area (TPSA) is 89.5 Å². The lowest BCUT2D eigenvalue weighted by molar-refractivity contribution is 0.382. The molecule has 0 heterocycles. The maximum absolute atomic E-state index is 11.9. The standard InChI is InChI=1S/C8H12N2O4S2/c1-2-10(9-15(11)12)16(13,14)8-6-4-3-5-7-8/h3-7,9H,2H2,1H3,(H,11,12)/p-1. The van der Waals surface area contributed by atoms with E-state index in [9.17, 15) is 17.2 Å². The first-order valence-electron chi connectivity index (χ1n) is 4.42. The molecule has 6 nitrogen and oxygen atoms in total.